The van der Waals surface area contributed by atoms with E-state index in [1.54, 1.807) is 43.3 Å². The zero-order valence-corrected chi connectivity index (χ0v) is 15.4. The van der Waals surface area contributed by atoms with E-state index in [9.17, 15) is 13.2 Å². The molecule has 0 atom stereocenters. The average molecular weight is 363 g/mol. The first-order valence-corrected chi connectivity index (χ1v) is 9.60. The number of benzene rings is 2. The lowest BCUT2D eigenvalue weighted by atomic mass is 10.1. The quantitative estimate of drug-likeness (QED) is 0.853. The van der Waals surface area contributed by atoms with Gasteiger partial charge in [-0.25, -0.2) is 8.42 Å². The fraction of sp³-hybridized carbons (Fsp3) is 0.278. The number of hydrogen-bond donors (Lipinski definition) is 1. The highest BCUT2D eigenvalue weighted by Crippen LogP contribution is 2.25. The molecule has 0 aliphatic rings. The van der Waals surface area contributed by atoms with Gasteiger partial charge in [0, 0.05) is 23.6 Å². The number of rotatable bonds is 6. The summed E-state index contributed by atoms with van der Waals surface area (Å²) >= 11 is 0. The first-order valence-electron chi connectivity index (χ1n) is 7.54. The maximum Gasteiger partial charge on any atom is 0.255 e. The number of methoxy groups -OCH3 is 2. The molecule has 0 aromatic heterocycles. The Morgan fingerprint density at radius 1 is 1.08 bits per heavy atom. The van der Waals surface area contributed by atoms with Gasteiger partial charge in [-0.05, 0) is 36.2 Å². The molecular formula is C18H21NO5S. The van der Waals surface area contributed by atoms with Crippen molar-refractivity contribution >= 4 is 21.4 Å². The predicted molar refractivity (Wildman–Crippen MR) is 97.2 cm³/mol. The van der Waals surface area contributed by atoms with Crippen molar-refractivity contribution in [3.63, 3.8) is 0 Å². The monoisotopic (exact) mass is 363 g/mol. The second-order valence-corrected chi connectivity index (χ2v) is 7.86. The van der Waals surface area contributed by atoms with Gasteiger partial charge in [0.05, 0.1) is 20.0 Å². The summed E-state index contributed by atoms with van der Waals surface area (Å²) in [6.45, 7) is 1.78. The van der Waals surface area contributed by atoms with Crippen LogP contribution in [-0.2, 0) is 15.6 Å². The van der Waals surface area contributed by atoms with Gasteiger partial charge in [-0.15, -0.1) is 0 Å². The lowest BCUT2D eigenvalue weighted by Gasteiger charge is -2.13. The first-order chi connectivity index (χ1) is 11.7. The van der Waals surface area contributed by atoms with E-state index in [0.717, 1.165) is 5.56 Å². The molecule has 0 fully saturated rings. The average Bonchev–Trinajstić information content (AvgIpc) is 2.56. The van der Waals surface area contributed by atoms with Crippen LogP contribution >= 0.6 is 0 Å². The Bertz CT molecular complexity index is 868. The maximum atomic E-state index is 12.6. The molecule has 7 heteroatoms. The van der Waals surface area contributed by atoms with Crippen molar-refractivity contribution in [2.45, 2.75) is 12.7 Å². The molecule has 0 spiro atoms. The van der Waals surface area contributed by atoms with Gasteiger partial charge < -0.3 is 14.8 Å². The van der Waals surface area contributed by atoms with Crippen molar-refractivity contribution in [3.05, 3.63) is 53.1 Å². The molecule has 2 rings (SSSR count). The molecular weight excluding hydrogens is 342 g/mol. The van der Waals surface area contributed by atoms with Crippen LogP contribution in [0.3, 0.4) is 0 Å². The zero-order chi connectivity index (χ0) is 18.6. The third-order valence-electron chi connectivity index (χ3n) is 3.73. The summed E-state index contributed by atoms with van der Waals surface area (Å²) in [6, 6.07) is 10.1. The minimum absolute atomic E-state index is 0.0739. The summed E-state index contributed by atoms with van der Waals surface area (Å²) in [5.41, 5.74) is 2.32. The second-order valence-electron chi connectivity index (χ2n) is 5.72. The third-order valence-corrected chi connectivity index (χ3v) is 4.56. The van der Waals surface area contributed by atoms with Gasteiger partial charge >= 0.3 is 0 Å². The van der Waals surface area contributed by atoms with E-state index >= 15 is 0 Å². The van der Waals surface area contributed by atoms with E-state index < -0.39 is 9.84 Å². The van der Waals surface area contributed by atoms with Crippen molar-refractivity contribution < 1.29 is 22.7 Å². The van der Waals surface area contributed by atoms with Crippen molar-refractivity contribution in [2.75, 3.05) is 25.8 Å². The van der Waals surface area contributed by atoms with Crippen LogP contribution in [0.2, 0.25) is 0 Å². The lowest BCUT2D eigenvalue weighted by molar-refractivity contribution is 0.102. The summed E-state index contributed by atoms with van der Waals surface area (Å²) < 4.78 is 33.4. The van der Waals surface area contributed by atoms with Gasteiger partial charge in [-0.1, -0.05) is 12.1 Å². The van der Waals surface area contributed by atoms with E-state index in [1.165, 1.54) is 20.5 Å². The molecule has 6 nitrogen and oxygen atoms in total. The molecule has 2 aromatic rings. The van der Waals surface area contributed by atoms with Gasteiger partial charge in [0.2, 0.25) is 0 Å². The van der Waals surface area contributed by atoms with Crippen molar-refractivity contribution in [1.82, 2.24) is 0 Å². The van der Waals surface area contributed by atoms with Gasteiger partial charge in [-0.2, -0.15) is 0 Å². The van der Waals surface area contributed by atoms with Crippen molar-refractivity contribution in [3.8, 4) is 11.5 Å². The number of sulfone groups is 1. The lowest BCUT2D eigenvalue weighted by Crippen LogP contribution is -2.14. The summed E-state index contributed by atoms with van der Waals surface area (Å²) in [7, 11) is -0.142. The van der Waals surface area contributed by atoms with Crippen LogP contribution in [0.15, 0.2) is 36.4 Å². The van der Waals surface area contributed by atoms with E-state index in [-0.39, 0.29) is 11.7 Å². The third kappa shape index (κ3) is 4.96. The topological polar surface area (TPSA) is 81.7 Å². The molecule has 0 unspecified atom stereocenters. The standard InChI is InChI=1S/C18H21NO5S/c1-12-13(11-25(4,21)22)6-5-7-17(12)19-18(20)14-8-15(23-2)10-16(9-14)24-3/h5-10H,11H2,1-4H3,(H,19,20). The van der Waals surface area contributed by atoms with Gasteiger partial charge in [0.15, 0.2) is 9.84 Å². The summed E-state index contributed by atoms with van der Waals surface area (Å²) in [5, 5.41) is 2.81. The first kappa shape index (κ1) is 18.8. The molecule has 1 amide bonds. The molecule has 0 saturated heterocycles. The molecule has 0 aliphatic heterocycles. The van der Waals surface area contributed by atoms with Crippen LogP contribution in [0.5, 0.6) is 11.5 Å². The number of ether oxygens (including phenoxy) is 2. The van der Waals surface area contributed by atoms with Crippen LogP contribution in [0.4, 0.5) is 5.69 Å². The van der Waals surface area contributed by atoms with E-state index in [1.807, 2.05) is 0 Å². The number of hydrogen-bond acceptors (Lipinski definition) is 5. The molecule has 0 aliphatic carbocycles. The van der Waals surface area contributed by atoms with Gasteiger partial charge in [0.1, 0.15) is 11.5 Å². The molecule has 0 saturated carbocycles. The smallest absolute Gasteiger partial charge is 0.255 e. The van der Waals surface area contributed by atoms with Crippen LogP contribution in [-0.4, -0.2) is 34.8 Å². The van der Waals surface area contributed by atoms with Crippen molar-refractivity contribution in [1.29, 1.82) is 0 Å². The minimum atomic E-state index is -3.16. The van der Waals surface area contributed by atoms with E-state index in [0.29, 0.717) is 28.3 Å². The van der Waals surface area contributed by atoms with Gasteiger partial charge in [0.25, 0.3) is 5.91 Å². The molecule has 1 N–H and O–H groups in total. The molecule has 134 valence electrons. The second kappa shape index (κ2) is 7.57. The van der Waals surface area contributed by atoms with Crippen molar-refractivity contribution in [2.24, 2.45) is 0 Å². The Morgan fingerprint density at radius 2 is 1.68 bits per heavy atom. The SMILES string of the molecule is COc1cc(OC)cc(C(=O)Nc2cccc(CS(C)(=O)=O)c2C)c1. The minimum Gasteiger partial charge on any atom is -0.497 e. The Balaban J connectivity index is 2.31. The molecule has 0 radical (unpaired) electrons. The van der Waals surface area contributed by atoms with Crippen LogP contribution in [0, 0.1) is 6.92 Å². The van der Waals surface area contributed by atoms with Crippen LogP contribution < -0.4 is 14.8 Å². The maximum absolute atomic E-state index is 12.6. The highest BCUT2D eigenvalue weighted by atomic mass is 32.2. The highest BCUT2D eigenvalue weighted by molar-refractivity contribution is 7.89. The number of carbonyl (C=O) groups is 1. The molecule has 2 aromatic carbocycles. The number of amides is 1. The Morgan fingerprint density at radius 3 is 2.20 bits per heavy atom. The normalized spacial score (nSPS) is 11.0. The van der Waals surface area contributed by atoms with Crippen LogP contribution in [0.25, 0.3) is 0 Å². The Labute approximate surface area is 147 Å². The summed E-state index contributed by atoms with van der Waals surface area (Å²) in [6.07, 6.45) is 1.18. The summed E-state index contributed by atoms with van der Waals surface area (Å²) in [4.78, 5) is 12.6. The molecule has 0 bridgehead atoms. The predicted octanol–water partition coefficient (Wildman–Crippen LogP) is 2.81. The summed E-state index contributed by atoms with van der Waals surface area (Å²) in [5.74, 6) is 0.603. The largest absolute Gasteiger partial charge is 0.497 e. The Hall–Kier alpha value is -2.54. The number of carbonyl (C=O) groups excluding carboxylic acids is 1. The fourth-order valence-electron chi connectivity index (χ4n) is 2.39. The molecule has 0 heterocycles. The molecule has 25 heavy (non-hydrogen) atoms. The highest BCUT2D eigenvalue weighted by Gasteiger charge is 2.14. The zero-order valence-electron chi connectivity index (χ0n) is 14.6. The fourth-order valence-corrected chi connectivity index (χ4v) is 3.27. The van der Waals surface area contributed by atoms with E-state index in [2.05, 4.69) is 5.32 Å². The van der Waals surface area contributed by atoms with Crippen LogP contribution in [0.1, 0.15) is 21.5 Å². The van der Waals surface area contributed by atoms with E-state index in [4.69, 9.17) is 9.47 Å². The number of anilines is 1. The Kier molecular flexibility index (Phi) is 5.69. The van der Waals surface area contributed by atoms with Gasteiger partial charge in [-0.3, -0.25) is 4.79 Å². The number of nitrogens with one attached hydrogen (secondary N) is 1.